The predicted molar refractivity (Wildman–Crippen MR) is 52.7 cm³/mol. The van der Waals surface area contributed by atoms with Gasteiger partial charge in [0.15, 0.2) is 5.78 Å². The number of hydrogen-bond donors (Lipinski definition) is 0. The first-order valence-electron chi connectivity index (χ1n) is 5.43. The number of rotatable bonds is 7. The molecule has 0 aromatic carbocycles. The number of ketones is 1. The Morgan fingerprint density at radius 1 is 1.46 bits per heavy atom. The Balaban J connectivity index is 2.29. The molecule has 76 valence electrons. The van der Waals surface area contributed by atoms with Crippen LogP contribution in [0.25, 0.3) is 0 Å². The number of hydrogen-bond acceptors (Lipinski definition) is 2. The highest BCUT2D eigenvalue weighted by Crippen LogP contribution is 2.35. The van der Waals surface area contributed by atoms with Crippen molar-refractivity contribution in [3.63, 3.8) is 0 Å². The van der Waals surface area contributed by atoms with Gasteiger partial charge in [0, 0.05) is 13.0 Å². The third-order valence-corrected chi connectivity index (χ3v) is 2.49. The normalized spacial score (nSPS) is 18.6. The van der Waals surface area contributed by atoms with Crippen molar-refractivity contribution in [2.45, 2.75) is 52.1 Å². The molecule has 0 spiro atoms. The van der Waals surface area contributed by atoms with E-state index < -0.39 is 0 Å². The van der Waals surface area contributed by atoms with Crippen molar-refractivity contribution in [3.8, 4) is 0 Å². The minimum atomic E-state index is -0.0726. The highest BCUT2D eigenvalue weighted by atomic mass is 16.5. The van der Waals surface area contributed by atoms with Crippen LogP contribution < -0.4 is 0 Å². The van der Waals surface area contributed by atoms with Crippen LogP contribution >= 0.6 is 0 Å². The smallest absolute Gasteiger partial charge is 0.161 e. The summed E-state index contributed by atoms with van der Waals surface area (Å²) in [6.07, 6.45) is 5.10. The van der Waals surface area contributed by atoms with E-state index in [4.69, 9.17) is 4.74 Å². The van der Waals surface area contributed by atoms with E-state index in [1.807, 2.05) is 6.92 Å². The van der Waals surface area contributed by atoms with Crippen LogP contribution in [0.4, 0.5) is 0 Å². The van der Waals surface area contributed by atoms with Crippen LogP contribution in [0.2, 0.25) is 0 Å². The molecule has 0 aromatic rings. The second-order valence-corrected chi connectivity index (χ2v) is 3.78. The van der Waals surface area contributed by atoms with Gasteiger partial charge in [0.25, 0.3) is 0 Å². The van der Waals surface area contributed by atoms with Crippen molar-refractivity contribution in [2.24, 2.45) is 5.92 Å². The van der Waals surface area contributed by atoms with Gasteiger partial charge >= 0.3 is 0 Å². The molecule has 1 saturated carbocycles. The molecule has 0 saturated heterocycles. The molecule has 0 amide bonds. The molecule has 0 heterocycles. The maximum atomic E-state index is 11.6. The fourth-order valence-corrected chi connectivity index (χ4v) is 1.56. The first-order chi connectivity index (χ1) is 6.29. The summed E-state index contributed by atoms with van der Waals surface area (Å²) in [6, 6.07) is 0. The molecule has 2 heteroatoms. The molecule has 0 aromatic heterocycles. The highest BCUT2D eigenvalue weighted by Gasteiger charge is 2.35. The minimum absolute atomic E-state index is 0.0726. The summed E-state index contributed by atoms with van der Waals surface area (Å²) in [5, 5.41) is 0. The molecule has 1 aliphatic carbocycles. The summed E-state index contributed by atoms with van der Waals surface area (Å²) in [5.41, 5.74) is 0. The Hall–Kier alpha value is -0.370. The monoisotopic (exact) mass is 184 g/mol. The lowest BCUT2D eigenvalue weighted by Gasteiger charge is -2.14. The van der Waals surface area contributed by atoms with Gasteiger partial charge in [-0.15, -0.1) is 0 Å². The van der Waals surface area contributed by atoms with Crippen LogP contribution in [0.5, 0.6) is 0 Å². The predicted octanol–water partition coefficient (Wildman–Crippen LogP) is 2.56. The van der Waals surface area contributed by atoms with Gasteiger partial charge in [0.2, 0.25) is 0 Å². The quantitative estimate of drug-likeness (QED) is 0.608. The summed E-state index contributed by atoms with van der Waals surface area (Å²) in [5.74, 6) is 0.871. The van der Waals surface area contributed by atoms with Crippen molar-refractivity contribution < 1.29 is 9.53 Å². The average Bonchev–Trinajstić information content (AvgIpc) is 2.93. The van der Waals surface area contributed by atoms with Crippen LogP contribution in [0.15, 0.2) is 0 Å². The van der Waals surface area contributed by atoms with Crippen molar-refractivity contribution in [1.29, 1.82) is 0 Å². The molecule has 1 aliphatic rings. The van der Waals surface area contributed by atoms with Crippen LogP contribution in [-0.4, -0.2) is 18.5 Å². The van der Waals surface area contributed by atoms with E-state index in [0.29, 0.717) is 24.7 Å². The topological polar surface area (TPSA) is 26.3 Å². The third-order valence-electron chi connectivity index (χ3n) is 2.49. The molecule has 1 atom stereocenters. The summed E-state index contributed by atoms with van der Waals surface area (Å²) in [4.78, 5) is 11.6. The molecule has 2 nitrogen and oxygen atoms in total. The first kappa shape index (κ1) is 10.7. The third kappa shape index (κ3) is 3.47. The minimum Gasteiger partial charge on any atom is -0.370 e. The highest BCUT2D eigenvalue weighted by molar-refractivity contribution is 5.83. The maximum absolute atomic E-state index is 11.6. The number of unbranched alkanes of at least 4 members (excludes halogenated alkanes) is 1. The number of carbonyl (C=O) groups is 1. The van der Waals surface area contributed by atoms with Gasteiger partial charge in [-0.2, -0.15) is 0 Å². The van der Waals surface area contributed by atoms with E-state index in [1.54, 1.807) is 0 Å². The lowest BCUT2D eigenvalue weighted by molar-refractivity contribution is -0.131. The largest absolute Gasteiger partial charge is 0.370 e. The molecule has 0 bridgehead atoms. The van der Waals surface area contributed by atoms with Gasteiger partial charge in [0.05, 0.1) is 0 Å². The Labute approximate surface area is 80.7 Å². The Morgan fingerprint density at radius 3 is 2.62 bits per heavy atom. The maximum Gasteiger partial charge on any atom is 0.161 e. The van der Waals surface area contributed by atoms with E-state index in [9.17, 15) is 4.79 Å². The molecule has 13 heavy (non-hydrogen) atoms. The van der Waals surface area contributed by atoms with Gasteiger partial charge in [-0.3, -0.25) is 4.79 Å². The Bertz CT molecular complexity index is 161. The van der Waals surface area contributed by atoms with Crippen molar-refractivity contribution >= 4 is 5.78 Å². The second-order valence-electron chi connectivity index (χ2n) is 3.78. The molecule has 1 rings (SSSR count). The zero-order valence-corrected chi connectivity index (χ0v) is 8.71. The number of Topliss-reactive ketones (excluding diaryl/α,β-unsaturated/α-hetero) is 1. The van der Waals surface area contributed by atoms with Gasteiger partial charge < -0.3 is 4.74 Å². The van der Waals surface area contributed by atoms with Crippen molar-refractivity contribution in [1.82, 2.24) is 0 Å². The zero-order chi connectivity index (χ0) is 9.68. The summed E-state index contributed by atoms with van der Waals surface area (Å²) in [6.45, 7) is 4.74. The van der Waals surface area contributed by atoms with E-state index in [1.165, 1.54) is 12.8 Å². The lowest BCUT2D eigenvalue weighted by Crippen LogP contribution is -2.26. The van der Waals surface area contributed by atoms with Crippen LogP contribution in [0, 0.1) is 5.92 Å². The Kier molecular flexibility index (Phi) is 4.43. The van der Waals surface area contributed by atoms with Crippen LogP contribution in [0.1, 0.15) is 46.0 Å². The molecular weight excluding hydrogens is 164 g/mol. The van der Waals surface area contributed by atoms with Gasteiger partial charge in [-0.25, -0.2) is 0 Å². The summed E-state index contributed by atoms with van der Waals surface area (Å²) in [7, 11) is 0. The number of ether oxygens (including phenoxy) is 1. The van der Waals surface area contributed by atoms with Gasteiger partial charge in [-0.05, 0) is 32.1 Å². The Morgan fingerprint density at radius 2 is 2.15 bits per heavy atom. The first-order valence-corrected chi connectivity index (χ1v) is 5.43. The van der Waals surface area contributed by atoms with Crippen molar-refractivity contribution in [3.05, 3.63) is 0 Å². The fraction of sp³-hybridized carbons (Fsp3) is 0.909. The van der Waals surface area contributed by atoms with Crippen molar-refractivity contribution in [2.75, 3.05) is 6.61 Å². The standard InChI is InChI=1S/C11H20O2/c1-3-5-6-10(12)11(13-4-2)9-7-8-9/h9,11H,3-8H2,1-2H3. The van der Waals surface area contributed by atoms with E-state index >= 15 is 0 Å². The van der Waals surface area contributed by atoms with Gasteiger partial charge in [-0.1, -0.05) is 13.3 Å². The fourth-order valence-electron chi connectivity index (χ4n) is 1.56. The van der Waals surface area contributed by atoms with Gasteiger partial charge in [0.1, 0.15) is 6.10 Å². The number of carbonyl (C=O) groups excluding carboxylic acids is 1. The summed E-state index contributed by atoms with van der Waals surface area (Å²) >= 11 is 0. The average molecular weight is 184 g/mol. The molecule has 0 aliphatic heterocycles. The molecule has 0 N–H and O–H groups in total. The molecular formula is C11H20O2. The molecule has 0 radical (unpaired) electrons. The molecule has 1 unspecified atom stereocenters. The zero-order valence-electron chi connectivity index (χ0n) is 8.71. The van der Waals surface area contributed by atoms with Crippen LogP contribution in [-0.2, 0) is 9.53 Å². The van der Waals surface area contributed by atoms with E-state index in [-0.39, 0.29) is 6.10 Å². The lowest BCUT2D eigenvalue weighted by atomic mass is 10.1. The van der Waals surface area contributed by atoms with E-state index in [2.05, 4.69) is 6.92 Å². The SMILES string of the molecule is CCCCC(=O)C(OCC)C1CC1. The second kappa shape index (κ2) is 5.38. The summed E-state index contributed by atoms with van der Waals surface area (Å²) < 4.78 is 5.48. The van der Waals surface area contributed by atoms with E-state index in [0.717, 1.165) is 12.8 Å². The van der Waals surface area contributed by atoms with Crippen LogP contribution in [0.3, 0.4) is 0 Å². The molecule has 1 fully saturated rings.